The molecule has 1 aromatic rings. The Kier molecular flexibility index (Phi) is 6.35. The van der Waals surface area contributed by atoms with Crippen molar-refractivity contribution >= 4 is 5.96 Å². The molecule has 26 heavy (non-hydrogen) atoms. The predicted octanol–water partition coefficient (Wildman–Crippen LogP) is 2.26. The highest BCUT2D eigenvalue weighted by Gasteiger charge is 2.31. The summed E-state index contributed by atoms with van der Waals surface area (Å²) in [5.41, 5.74) is 1.12. The van der Waals surface area contributed by atoms with Gasteiger partial charge < -0.3 is 15.4 Å². The standard InChI is InChI=1S/C20H33N5O/c1-14(2)25-11-15(3)18(12-25)24-20(21-4)23-10-17-7-8-19(22-9-17)26-13-16-5-6-16/h7-9,14-16,18H,5-6,10-13H2,1-4H3,(H2,21,23,24). The van der Waals surface area contributed by atoms with Crippen LogP contribution in [-0.4, -0.2) is 54.7 Å². The van der Waals surface area contributed by atoms with Gasteiger partial charge >= 0.3 is 0 Å². The highest BCUT2D eigenvalue weighted by Crippen LogP contribution is 2.29. The van der Waals surface area contributed by atoms with E-state index in [4.69, 9.17) is 4.74 Å². The number of nitrogens with one attached hydrogen (secondary N) is 2. The Morgan fingerprint density at radius 3 is 2.73 bits per heavy atom. The summed E-state index contributed by atoms with van der Waals surface area (Å²) in [6.07, 6.45) is 4.46. The van der Waals surface area contributed by atoms with Gasteiger partial charge in [0.1, 0.15) is 0 Å². The number of likely N-dealkylation sites (tertiary alicyclic amines) is 1. The van der Waals surface area contributed by atoms with Crippen molar-refractivity contribution in [3.63, 3.8) is 0 Å². The number of pyridine rings is 1. The van der Waals surface area contributed by atoms with E-state index in [2.05, 4.69) is 52.3 Å². The van der Waals surface area contributed by atoms with Crippen molar-refractivity contribution in [3.8, 4) is 5.88 Å². The zero-order valence-electron chi connectivity index (χ0n) is 16.5. The van der Waals surface area contributed by atoms with E-state index in [1.165, 1.54) is 12.8 Å². The minimum absolute atomic E-state index is 0.430. The van der Waals surface area contributed by atoms with E-state index in [1.807, 2.05) is 19.3 Å². The van der Waals surface area contributed by atoms with Crippen molar-refractivity contribution in [2.75, 3.05) is 26.7 Å². The van der Waals surface area contributed by atoms with Crippen LogP contribution in [0.3, 0.4) is 0 Å². The van der Waals surface area contributed by atoms with Crippen LogP contribution in [0.2, 0.25) is 0 Å². The van der Waals surface area contributed by atoms with Gasteiger partial charge in [-0.05, 0) is 44.1 Å². The molecule has 6 nitrogen and oxygen atoms in total. The van der Waals surface area contributed by atoms with Gasteiger partial charge in [-0.15, -0.1) is 0 Å². The monoisotopic (exact) mass is 359 g/mol. The van der Waals surface area contributed by atoms with E-state index in [1.54, 1.807) is 0 Å². The number of nitrogens with zero attached hydrogens (tertiary/aromatic N) is 3. The van der Waals surface area contributed by atoms with Crippen molar-refractivity contribution in [1.82, 2.24) is 20.5 Å². The molecule has 1 saturated heterocycles. The van der Waals surface area contributed by atoms with E-state index >= 15 is 0 Å². The second-order valence-corrected chi connectivity index (χ2v) is 7.96. The molecule has 0 spiro atoms. The largest absolute Gasteiger partial charge is 0.477 e. The molecule has 2 heterocycles. The summed E-state index contributed by atoms with van der Waals surface area (Å²) in [6, 6.07) is 5.04. The number of aromatic nitrogens is 1. The molecule has 0 aromatic carbocycles. The second kappa shape index (κ2) is 8.71. The summed E-state index contributed by atoms with van der Waals surface area (Å²) >= 11 is 0. The van der Waals surface area contributed by atoms with E-state index in [9.17, 15) is 0 Å². The second-order valence-electron chi connectivity index (χ2n) is 7.96. The van der Waals surface area contributed by atoms with Crippen molar-refractivity contribution < 1.29 is 4.74 Å². The molecule has 2 atom stereocenters. The molecule has 1 saturated carbocycles. The first kappa shape index (κ1) is 19.0. The smallest absolute Gasteiger partial charge is 0.213 e. The minimum Gasteiger partial charge on any atom is -0.477 e. The lowest BCUT2D eigenvalue weighted by Gasteiger charge is -2.22. The van der Waals surface area contributed by atoms with Crippen LogP contribution in [0.1, 0.15) is 39.2 Å². The summed E-state index contributed by atoms with van der Waals surface area (Å²) in [5.74, 6) is 2.93. The zero-order chi connectivity index (χ0) is 18.5. The van der Waals surface area contributed by atoms with Gasteiger partial charge in [0.25, 0.3) is 0 Å². The molecule has 2 fully saturated rings. The number of guanidine groups is 1. The number of rotatable bonds is 7. The van der Waals surface area contributed by atoms with Gasteiger partial charge in [-0.3, -0.25) is 9.89 Å². The number of ether oxygens (including phenoxy) is 1. The first-order valence-electron chi connectivity index (χ1n) is 9.84. The Morgan fingerprint density at radius 2 is 2.15 bits per heavy atom. The zero-order valence-corrected chi connectivity index (χ0v) is 16.5. The van der Waals surface area contributed by atoms with Gasteiger partial charge in [0.15, 0.2) is 5.96 Å². The maximum Gasteiger partial charge on any atom is 0.213 e. The molecule has 1 aliphatic carbocycles. The highest BCUT2D eigenvalue weighted by atomic mass is 16.5. The van der Waals surface area contributed by atoms with Crippen molar-refractivity contribution in [2.45, 2.75) is 52.2 Å². The summed E-state index contributed by atoms with van der Waals surface area (Å²) in [4.78, 5) is 11.3. The van der Waals surface area contributed by atoms with Gasteiger partial charge in [-0.1, -0.05) is 13.0 Å². The third-order valence-corrected chi connectivity index (χ3v) is 5.34. The Bertz CT molecular complexity index is 597. The maximum atomic E-state index is 5.69. The number of hydrogen-bond donors (Lipinski definition) is 2. The molecule has 2 aliphatic rings. The summed E-state index contributed by atoms with van der Waals surface area (Å²) in [7, 11) is 1.82. The van der Waals surface area contributed by atoms with E-state index < -0.39 is 0 Å². The fraction of sp³-hybridized carbons (Fsp3) is 0.700. The molecule has 2 N–H and O–H groups in total. The third-order valence-electron chi connectivity index (χ3n) is 5.34. The molecular weight excluding hydrogens is 326 g/mol. The van der Waals surface area contributed by atoms with Crippen molar-refractivity contribution in [1.29, 1.82) is 0 Å². The predicted molar refractivity (Wildman–Crippen MR) is 105 cm³/mol. The van der Waals surface area contributed by atoms with Gasteiger partial charge in [-0.25, -0.2) is 4.98 Å². The third kappa shape index (κ3) is 5.34. The molecule has 3 rings (SSSR count). The van der Waals surface area contributed by atoms with Gasteiger partial charge in [0, 0.05) is 51.0 Å². The molecule has 6 heteroatoms. The molecule has 144 valence electrons. The first-order chi connectivity index (χ1) is 12.5. The van der Waals surface area contributed by atoms with Crippen molar-refractivity contribution in [2.24, 2.45) is 16.8 Å². The van der Waals surface area contributed by atoms with Crippen LogP contribution in [0.5, 0.6) is 5.88 Å². The van der Waals surface area contributed by atoms with Gasteiger partial charge in [0.05, 0.1) is 6.61 Å². The minimum atomic E-state index is 0.430. The van der Waals surface area contributed by atoms with Gasteiger partial charge in [0.2, 0.25) is 5.88 Å². The lowest BCUT2D eigenvalue weighted by atomic mass is 10.1. The Hall–Kier alpha value is -1.82. The molecule has 1 aromatic heterocycles. The molecule has 0 bridgehead atoms. The quantitative estimate of drug-likeness (QED) is 0.578. The Labute approximate surface area is 157 Å². The van der Waals surface area contributed by atoms with Crippen LogP contribution < -0.4 is 15.4 Å². The van der Waals surface area contributed by atoms with Crippen LogP contribution in [0.4, 0.5) is 0 Å². The highest BCUT2D eigenvalue weighted by molar-refractivity contribution is 5.80. The SMILES string of the molecule is CN=C(NCc1ccc(OCC2CC2)nc1)NC1CN(C(C)C)CC1C. The fourth-order valence-corrected chi connectivity index (χ4v) is 3.26. The molecule has 0 amide bonds. The van der Waals surface area contributed by atoms with E-state index in [0.29, 0.717) is 24.5 Å². The lowest BCUT2D eigenvalue weighted by molar-refractivity contribution is 0.265. The maximum absolute atomic E-state index is 5.69. The first-order valence-corrected chi connectivity index (χ1v) is 9.84. The fourth-order valence-electron chi connectivity index (χ4n) is 3.26. The lowest BCUT2D eigenvalue weighted by Crippen LogP contribution is -2.46. The van der Waals surface area contributed by atoms with Gasteiger partial charge in [-0.2, -0.15) is 0 Å². The summed E-state index contributed by atoms with van der Waals surface area (Å²) < 4.78 is 5.69. The molecule has 2 unspecified atom stereocenters. The average molecular weight is 360 g/mol. The van der Waals surface area contributed by atoms with Crippen LogP contribution in [0, 0.1) is 11.8 Å². The molecule has 1 aliphatic heterocycles. The number of hydrogen-bond acceptors (Lipinski definition) is 4. The van der Waals surface area contributed by atoms with Crippen LogP contribution in [0.25, 0.3) is 0 Å². The number of aliphatic imine (C=N–C) groups is 1. The van der Waals surface area contributed by atoms with Crippen molar-refractivity contribution in [3.05, 3.63) is 23.9 Å². The van der Waals surface area contributed by atoms with Crippen LogP contribution in [-0.2, 0) is 6.54 Å². The van der Waals surface area contributed by atoms with Crippen LogP contribution >= 0.6 is 0 Å². The van der Waals surface area contributed by atoms with E-state index in [0.717, 1.165) is 43.0 Å². The normalized spacial score (nSPS) is 24.1. The Balaban J connectivity index is 1.44. The van der Waals surface area contributed by atoms with Crippen LogP contribution in [0.15, 0.2) is 23.3 Å². The molecule has 0 radical (unpaired) electrons. The van der Waals surface area contributed by atoms with E-state index in [-0.39, 0.29) is 0 Å². The Morgan fingerprint density at radius 1 is 1.35 bits per heavy atom. The summed E-state index contributed by atoms with van der Waals surface area (Å²) in [6.45, 7) is 10.5. The summed E-state index contributed by atoms with van der Waals surface area (Å²) in [5, 5.41) is 6.97. The average Bonchev–Trinajstić information content (AvgIpc) is 3.39. The topological polar surface area (TPSA) is 61.8 Å². The molecular formula is C20H33N5O.